The van der Waals surface area contributed by atoms with E-state index in [0.29, 0.717) is 18.8 Å². The van der Waals surface area contributed by atoms with Crippen molar-refractivity contribution in [2.45, 2.75) is 19.4 Å². The molecule has 1 amide bonds. The van der Waals surface area contributed by atoms with Crippen LogP contribution in [0.15, 0.2) is 36.8 Å². The Labute approximate surface area is 179 Å². The zero-order chi connectivity index (χ0) is 22.2. The molecule has 3 rings (SSSR count). The predicted octanol–water partition coefficient (Wildman–Crippen LogP) is 1.46. The third-order valence-electron chi connectivity index (χ3n) is 4.24. The number of ether oxygens (including phenoxy) is 1. The Hall–Kier alpha value is -3.97. The quantitative estimate of drug-likeness (QED) is 0.335. The van der Waals surface area contributed by atoms with Gasteiger partial charge in [0.1, 0.15) is 12.2 Å². The number of hydrogen-bond donors (Lipinski definition) is 2. The van der Waals surface area contributed by atoms with E-state index in [1.54, 1.807) is 36.1 Å². The second-order valence-corrected chi connectivity index (χ2v) is 6.59. The van der Waals surface area contributed by atoms with E-state index >= 15 is 0 Å². The van der Waals surface area contributed by atoms with Crippen LogP contribution >= 0.6 is 0 Å². The molecule has 3 heterocycles. The summed E-state index contributed by atoms with van der Waals surface area (Å²) in [4.78, 5) is 29.0. The van der Waals surface area contributed by atoms with Gasteiger partial charge in [0.2, 0.25) is 0 Å². The minimum absolute atomic E-state index is 0.0170. The van der Waals surface area contributed by atoms with Gasteiger partial charge in [0.05, 0.1) is 24.7 Å². The number of amides is 1. The fraction of sp³-hybridized carbons (Fsp3) is 0.286. The fourth-order valence-electron chi connectivity index (χ4n) is 2.73. The number of carbonyl (C=O) groups is 2. The summed E-state index contributed by atoms with van der Waals surface area (Å²) in [6.45, 7) is 1.09. The Morgan fingerprint density at radius 2 is 2.10 bits per heavy atom. The van der Waals surface area contributed by atoms with Crippen molar-refractivity contribution < 1.29 is 14.3 Å². The van der Waals surface area contributed by atoms with Gasteiger partial charge in [0.15, 0.2) is 5.69 Å². The molecule has 0 spiro atoms. The number of anilines is 1. The highest BCUT2D eigenvalue weighted by atomic mass is 16.5. The van der Waals surface area contributed by atoms with Gasteiger partial charge in [-0.05, 0) is 25.1 Å². The van der Waals surface area contributed by atoms with Crippen molar-refractivity contribution in [1.82, 2.24) is 24.5 Å². The van der Waals surface area contributed by atoms with Crippen LogP contribution in [0.3, 0.4) is 0 Å². The van der Waals surface area contributed by atoms with E-state index in [1.165, 1.54) is 18.0 Å². The molecule has 160 valence electrons. The molecule has 10 heteroatoms. The van der Waals surface area contributed by atoms with E-state index < -0.39 is 11.9 Å². The SMILES string of the molecule is COC(=O)c1nn(C)cc1NC(=O)c1cccc(-c2cnn(CC#CCCCN)c2)n1. The van der Waals surface area contributed by atoms with Crippen molar-refractivity contribution in [2.75, 3.05) is 19.0 Å². The first-order valence-corrected chi connectivity index (χ1v) is 9.60. The minimum Gasteiger partial charge on any atom is -0.464 e. The highest BCUT2D eigenvalue weighted by Crippen LogP contribution is 2.18. The summed E-state index contributed by atoms with van der Waals surface area (Å²) in [5, 5.41) is 11.0. The Balaban J connectivity index is 1.73. The van der Waals surface area contributed by atoms with Crippen LogP contribution in [0.5, 0.6) is 0 Å². The van der Waals surface area contributed by atoms with Crippen molar-refractivity contribution in [1.29, 1.82) is 0 Å². The van der Waals surface area contributed by atoms with Crippen molar-refractivity contribution >= 4 is 17.6 Å². The summed E-state index contributed by atoms with van der Waals surface area (Å²) in [7, 11) is 2.89. The first-order valence-electron chi connectivity index (χ1n) is 9.60. The van der Waals surface area contributed by atoms with Crippen LogP contribution in [0, 0.1) is 11.8 Å². The van der Waals surface area contributed by atoms with Gasteiger partial charge in [-0.25, -0.2) is 9.78 Å². The summed E-state index contributed by atoms with van der Waals surface area (Å²) in [6.07, 6.45) is 6.64. The fourth-order valence-corrected chi connectivity index (χ4v) is 2.73. The lowest BCUT2D eigenvalue weighted by molar-refractivity contribution is 0.0594. The van der Waals surface area contributed by atoms with E-state index in [1.807, 2.05) is 6.20 Å². The smallest absolute Gasteiger partial charge is 0.360 e. The number of unbranched alkanes of at least 4 members (excludes halogenated alkanes) is 1. The summed E-state index contributed by atoms with van der Waals surface area (Å²) in [5.74, 6) is 4.98. The molecule has 3 aromatic heterocycles. The van der Waals surface area contributed by atoms with Gasteiger partial charge in [-0.2, -0.15) is 10.2 Å². The van der Waals surface area contributed by atoms with E-state index in [2.05, 4.69) is 32.3 Å². The van der Waals surface area contributed by atoms with Gasteiger partial charge >= 0.3 is 5.97 Å². The average molecular weight is 421 g/mol. The minimum atomic E-state index is -0.642. The summed E-state index contributed by atoms with van der Waals surface area (Å²) >= 11 is 0. The molecular weight excluding hydrogens is 398 g/mol. The molecule has 0 aliphatic rings. The molecule has 0 radical (unpaired) electrons. The van der Waals surface area contributed by atoms with Crippen molar-refractivity contribution in [3.8, 4) is 23.1 Å². The van der Waals surface area contributed by atoms with Crippen molar-refractivity contribution in [2.24, 2.45) is 12.8 Å². The molecule has 0 fully saturated rings. The largest absolute Gasteiger partial charge is 0.464 e. The highest BCUT2D eigenvalue weighted by molar-refractivity contribution is 6.06. The number of nitrogens with one attached hydrogen (secondary N) is 1. The molecule has 3 aromatic rings. The number of pyridine rings is 1. The van der Waals surface area contributed by atoms with Gasteiger partial charge in [-0.15, -0.1) is 5.92 Å². The molecule has 0 aromatic carbocycles. The maximum absolute atomic E-state index is 12.7. The molecule has 0 aliphatic heterocycles. The summed E-state index contributed by atoms with van der Waals surface area (Å²) in [6, 6.07) is 5.10. The standard InChI is InChI=1S/C21H23N7O3/c1-27-14-18(19(26-27)21(30)31-2)25-20(29)17-9-7-8-16(24-17)15-12-23-28(13-15)11-6-4-3-5-10-22/h7-9,12-14H,3,5,10-11,22H2,1-2H3,(H,25,29). The normalized spacial score (nSPS) is 10.3. The monoisotopic (exact) mass is 421 g/mol. The highest BCUT2D eigenvalue weighted by Gasteiger charge is 2.20. The number of aryl methyl sites for hydroxylation is 1. The zero-order valence-corrected chi connectivity index (χ0v) is 17.3. The van der Waals surface area contributed by atoms with E-state index in [4.69, 9.17) is 10.5 Å². The van der Waals surface area contributed by atoms with Crippen LogP contribution in [0.2, 0.25) is 0 Å². The lowest BCUT2D eigenvalue weighted by Crippen LogP contribution is -2.16. The summed E-state index contributed by atoms with van der Waals surface area (Å²) < 4.78 is 7.82. The van der Waals surface area contributed by atoms with Crippen molar-refractivity contribution in [3.63, 3.8) is 0 Å². The third-order valence-corrected chi connectivity index (χ3v) is 4.24. The number of rotatable bonds is 7. The average Bonchev–Trinajstić information content (AvgIpc) is 3.39. The van der Waals surface area contributed by atoms with Gasteiger partial charge < -0.3 is 15.8 Å². The lowest BCUT2D eigenvalue weighted by atomic mass is 10.2. The number of esters is 1. The molecule has 10 nitrogen and oxygen atoms in total. The Bertz CT molecular complexity index is 1140. The Morgan fingerprint density at radius 1 is 1.26 bits per heavy atom. The number of carbonyl (C=O) groups excluding carboxylic acids is 2. The third kappa shape index (κ3) is 5.55. The second-order valence-electron chi connectivity index (χ2n) is 6.59. The van der Waals surface area contributed by atoms with Crippen LogP contribution in [0.4, 0.5) is 5.69 Å². The molecule has 0 aliphatic carbocycles. The van der Waals surface area contributed by atoms with E-state index in [0.717, 1.165) is 18.4 Å². The van der Waals surface area contributed by atoms with Gasteiger partial charge in [0.25, 0.3) is 5.91 Å². The number of nitrogens with zero attached hydrogens (tertiary/aromatic N) is 5. The van der Waals surface area contributed by atoms with Gasteiger partial charge in [-0.3, -0.25) is 14.2 Å². The number of methoxy groups -OCH3 is 1. The topological polar surface area (TPSA) is 130 Å². The molecule has 3 N–H and O–H groups in total. The molecular formula is C21H23N7O3. The molecule has 0 saturated heterocycles. The van der Waals surface area contributed by atoms with Crippen molar-refractivity contribution in [3.05, 3.63) is 48.2 Å². The molecule has 31 heavy (non-hydrogen) atoms. The first-order chi connectivity index (χ1) is 15.0. The van der Waals surface area contributed by atoms with E-state index in [9.17, 15) is 9.59 Å². The molecule has 0 bridgehead atoms. The zero-order valence-electron chi connectivity index (χ0n) is 17.3. The van der Waals surface area contributed by atoms with Crippen LogP contribution < -0.4 is 11.1 Å². The number of hydrogen-bond acceptors (Lipinski definition) is 7. The van der Waals surface area contributed by atoms with Gasteiger partial charge in [0, 0.05) is 31.4 Å². The van der Waals surface area contributed by atoms with Crippen LogP contribution in [-0.4, -0.2) is 50.1 Å². The lowest BCUT2D eigenvalue weighted by Gasteiger charge is -2.05. The number of nitrogens with two attached hydrogens (primary N) is 1. The Morgan fingerprint density at radius 3 is 2.87 bits per heavy atom. The van der Waals surface area contributed by atoms with Gasteiger partial charge in [-0.1, -0.05) is 12.0 Å². The summed E-state index contributed by atoms with van der Waals surface area (Å²) in [5.41, 5.74) is 7.25. The first kappa shape index (κ1) is 21.7. The molecule has 0 atom stereocenters. The second kappa shape index (κ2) is 10.2. The van der Waals surface area contributed by atoms with Crippen LogP contribution in [0.25, 0.3) is 11.3 Å². The molecule has 0 saturated carbocycles. The molecule has 0 unspecified atom stereocenters. The number of aromatic nitrogens is 5. The maximum Gasteiger partial charge on any atom is 0.360 e. The van der Waals surface area contributed by atoms with Crippen LogP contribution in [0.1, 0.15) is 33.8 Å². The van der Waals surface area contributed by atoms with E-state index in [-0.39, 0.29) is 17.1 Å². The maximum atomic E-state index is 12.7. The predicted molar refractivity (Wildman–Crippen MR) is 114 cm³/mol. The Kier molecular flexibility index (Phi) is 7.13. The van der Waals surface area contributed by atoms with Crippen LogP contribution in [-0.2, 0) is 18.3 Å².